The number of benzene rings is 1. The van der Waals surface area contributed by atoms with Gasteiger partial charge in [0.2, 0.25) is 0 Å². The van der Waals surface area contributed by atoms with Crippen LogP contribution in [0.1, 0.15) is 5.56 Å². The summed E-state index contributed by atoms with van der Waals surface area (Å²) in [6.45, 7) is 0. The molecule has 0 heterocycles. The fraction of sp³-hybridized carbons (Fsp3) is 0.100. The van der Waals surface area contributed by atoms with Crippen LogP contribution in [0.3, 0.4) is 0 Å². The molecule has 1 rings (SSSR count). The first-order valence-corrected chi connectivity index (χ1v) is 5.93. The van der Waals surface area contributed by atoms with Gasteiger partial charge in [0, 0.05) is 13.2 Å². The van der Waals surface area contributed by atoms with E-state index in [9.17, 15) is 14.3 Å². The predicted octanol–water partition coefficient (Wildman–Crippen LogP) is 1.24. The maximum atomic E-state index is 11.5. The van der Waals surface area contributed by atoms with Gasteiger partial charge in [-0.15, -0.1) is 0 Å². The third kappa shape index (κ3) is 3.31. The third-order valence-corrected chi connectivity index (χ3v) is 3.29. The minimum absolute atomic E-state index is 0.127. The van der Waals surface area contributed by atoms with Gasteiger partial charge in [0.15, 0.2) is 0 Å². The van der Waals surface area contributed by atoms with Crippen LogP contribution in [0.15, 0.2) is 30.3 Å². The number of aliphatic carboxylic acids is 1. The fourth-order valence-corrected chi connectivity index (χ4v) is 1.87. The zero-order valence-electron chi connectivity index (χ0n) is 8.53. The topological polar surface area (TPSA) is 83.8 Å². The van der Waals surface area contributed by atoms with Gasteiger partial charge < -0.3 is 14.5 Å². The lowest BCUT2D eigenvalue weighted by Gasteiger charge is -2.08. The van der Waals surface area contributed by atoms with Crippen LogP contribution >= 0.6 is 7.60 Å². The number of hydrogen-bond donors (Lipinski definition) is 2. The standard InChI is InChI=1S/C10H11O5P/c1-15-16(13,14)9-4-2-3-8(7-9)5-6-10(11)12/h2-7H,1H3,(H,11,12)(H,13,14)/b6-5+. The van der Waals surface area contributed by atoms with Crippen molar-refractivity contribution in [1.82, 2.24) is 0 Å². The molecule has 1 aromatic rings. The van der Waals surface area contributed by atoms with E-state index in [2.05, 4.69) is 4.52 Å². The molecule has 0 bridgehead atoms. The molecule has 2 N–H and O–H groups in total. The van der Waals surface area contributed by atoms with Gasteiger partial charge in [-0.1, -0.05) is 12.1 Å². The normalized spacial score (nSPS) is 14.9. The van der Waals surface area contributed by atoms with Gasteiger partial charge in [-0.3, -0.25) is 4.57 Å². The van der Waals surface area contributed by atoms with E-state index in [1.165, 1.54) is 18.2 Å². The highest BCUT2D eigenvalue weighted by molar-refractivity contribution is 7.61. The Morgan fingerprint density at radius 3 is 2.75 bits per heavy atom. The quantitative estimate of drug-likeness (QED) is 0.613. The number of hydrogen-bond acceptors (Lipinski definition) is 3. The minimum atomic E-state index is -3.78. The molecule has 0 amide bonds. The van der Waals surface area contributed by atoms with Crippen LogP contribution < -0.4 is 5.30 Å². The van der Waals surface area contributed by atoms with E-state index < -0.39 is 13.6 Å². The van der Waals surface area contributed by atoms with Crippen molar-refractivity contribution in [2.75, 3.05) is 7.11 Å². The van der Waals surface area contributed by atoms with Crippen LogP contribution in [0, 0.1) is 0 Å². The molecule has 5 nitrogen and oxygen atoms in total. The number of carboxylic acid groups (broad SMARTS) is 1. The van der Waals surface area contributed by atoms with Crippen molar-refractivity contribution in [1.29, 1.82) is 0 Å². The number of rotatable bonds is 4. The average Bonchev–Trinajstić information content (AvgIpc) is 2.27. The van der Waals surface area contributed by atoms with Crippen molar-refractivity contribution in [3.05, 3.63) is 35.9 Å². The molecular weight excluding hydrogens is 231 g/mol. The Balaban J connectivity index is 3.05. The van der Waals surface area contributed by atoms with Crippen LogP contribution in [0.4, 0.5) is 0 Å². The Morgan fingerprint density at radius 2 is 2.19 bits per heavy atom. The van der Waals surface area contributed by atoms with Gasteiger partial charge >= 0.3 is 13.6 Å². The zero-order chi connectivity index (χ0) is 12.2. The predicted molar refractivity (Wildman–Crippen MR) is 59.6 cm³/mol. The maximum Gasteiger partial charge on any atom is 0.358 e. The van der Waals surface area contributed by atoms with Crippen molar-refractivity contribution in [3.8, 4) is 0 Å². The molecule has 1 aromatic carbocycles. The first kappa shape index (κ1) is 12.6. The van der Waals surface area contributed by atoms with Crippen molar-refractivity contribution in [3.63, 3.8) is 0 Å². The Hall–Kier alpha value is -1.42. The highest BCUT2D eigenvalue weighted by atomic mass is 31.2. The van der Waals surface area contributed by atoms with Gasteiger partial charge in [0.05, 0.1) is 5.30 Å². The fourth-order valence-electron chi connectivity index (χ4n) is 1.08. The lowest BCUT2D eigenvalue weighted by atomic mass is 10.2. The summed E-state index contributed by atoms with van der Waals surface area (Å²) >= 11 is 0. The number of carbonyl (C=O) groups is 1. The second kappa shape index (κ2) is 5.07. The summed E-state index contributed by atoms with van der Waals surface area (Å²) in [4.78, 5) is 19.7. The Morgan fingerprint density at radius 1 is 1.50 bits per heavy atom. The Kier molecular flexibility index (Phi) is 4.01. The molecule has 0 aliphatic carbocycles. The third-order valence-electron chi connectivity index (χ3n) is 1.86. The van der Waals surface area contributed by atoms with E-state index in [-0.39, 0.29) is 5.30 Å². The molecular formula is C10H11O5P. The first-order valence-electron chi connectivity index (χ1n) is 4.36. The van der Waals surface area contributed by atoms with Gasteiger partial charge in [0.25, 0.3) is 0 Å². The van der Waals surface area contributed by atoms with E-state index in [4.69, 9.17) is 5.11 Å². The average molecular weight is 242 g/mol. The zero-order valence-corrected chi connectivity index (χ0v) is 9.42. The second-order valence-electron chi connectivity index (χ2n) is 2.97. The summed E-state index contributed by atoms with van der Waals surface area (Å²) in [5.74, 6) is -1.08. The van der Waals surface area contributed by atoms with E-state index in [0.717, 1.165) is 13.2 Å². The summed E-state index contributed by atoms with van der Waals surface area (Å²) in [5.41, 5.74) is 0.520. The SMILES string of the molecule is COP(=O)(O)c1cccc(/C=C/C(=O)O)c1. The molecule has 0 saturated heterocycles. The van der Waals surface area contributed by atoms with Crippen molar-refractivity contribution in [2.24, 2.45) is 0 Å². The van der Waals surface area contributed by atoms with Crippen molar-refractivity contribution < 1.29 is 23.9 Å². The molecule has 86 valence electrons. The van der Waals surface area contributed by atoms with Crippen molar-refractivity contribution in [2.45, 2.75) is 0 Å². The van der Waals surface area contributed by atoms with E-state index >= 15 is 0 Å². The first-order chi connectivity index (χ1) is 7.45. The maximum absolute atomic E-state index is 11.5. The summed E-state index contributed by atoms with van der Waals surface area (Å²) in [6, 6.07) is 6.03. The summed E-state index contributed by atoms with van der Waals surface area (Å²) in [7, 11) is -2.64. The highest BCUT2D eigenvalue weighted by Crippen LogP contribution is 2.39. The lowest BCUT2D eigenvalue weighted by molar-refractivity contribution is -0.131. The van der Waals surface area contributed by atoms with E-state index in [1.807, 2.05) is 0 Å². The van der Waals surface area contributed by atoms with E-state index in [0.29, 0.717) is 5.56 Å². The summed E-state index contributed by atoms with van der Waals surface area (Å²) in [6.07, 6.45) is 2.29. The van der Waals surface area contributed by atoms with E-state index in [1.54, 1.807) is 12.1 Å². The van der Waals surface area contributed by atoms with Crippen molar-refractivity contribution >= 4 is 24.9 Å². The Bertz CT molecular complexity index is 466. The Labute approximate surface area is 92.5 Å². The van der Waals surface area contributed by atoms with Gasteiger partial charge in [-0.05, 0) is 23.8 Å². The molecule has 0 aliphatic rings. The largest absolute Gasteiger partial charge is 0.478 e. The summed E-state index contributed by atoms with van der Waals surface area (Å²) in [5, 5.41) is 8.56. The molecule has 0 saturated carbocycles. The van der Waals surface area contributed by atoms with Crippen LogP contribution in [0.5, 0.6) is 0 Å². The number of carboxylic acids is 1. The molecule has 1 unspecified atom stereocenters. The lowest BCUT2D eigenvalue weighted by Crippen LogP contribution is -2.05. The highest BCUT2D eigenvalue weighted by Gasteiger charge is 2.20. The molecule has 1 atom stereocenters. The van der Waals surface area contributed by atoms with Gasteiger partial charge in [0.1, 0.15) is 0 Å². The smallest absolute Gasteiger partial charge is 0.358 e. The second-order valence-corrected chi connectivity index (χ2v) is 4.89. The summed E-state index contributed by atoms with van der Waals surface area (Å²) < 4.78 is 15.9. The van der Waals surface area contributed by atoms with Crippen LogP contribution in [0.2, 0.25) is 0 Å². The minimum Gasteiger partial charge on any atom is -0.478 e. The molecule has 0 fully saturated rings. The molecule has 16 heavy (non-hydrogen) atoms. The molecule has 0 radical (unpaired) electrons. The van der Waals surface area contributed by atoms with Gasteiger partial charge in [-0.25, -0.2) is 4.79 Å². The van der Waals surface area contributed by atoms with Gasteiger partial charge in [-0.2, -0.15) is 0 Å². The monoisotopic (exact) mass is 242 g/mol. The van der Waals surface area contributed by atoms with Crippen LogP contribution in [-0.4, -0.2) is 23.1 Å². The molecule has 0 aliphatic heterocycles. The molecule has 6 heteroatoms. The molecule has 0 spiro atoms. The van der Waals surface area contributed by atoms with Crippen LogP contribution in [-0.2, 0) is 13.9 Å². The molecule has 0 aromatic heterocycles. The van der Waals surface area contributed by atoms with Crippen LogP contribution in [0.25, 0.3) is 6.08 Å².